The molecule has 1 aliphatic heterocycles. The molecule has 1 heterocycles. The number of hydrogen-bond acceptors (Lipinski definition) is 5. The highest BCUT2D eigenvalue weighted by Gasteiger charge is 2.33. The number of rotatable bonds is 5. The van der Waals surface area contributed by atoms with Gasteiger partial charge in [-0.25, -0.2) is 0 Å². The van der Waals surface area contributed by atoms with Crippen LogP contribution in [0.15, 0.2) is 83.8 Å². The van der Waals surface area contributed by atoms with Crippen molar-refractivity contribution < 1.29 is 14.5 Å². The van der Waals surface area contributed by atoms with E-state index in [-0.39, 0.29) is 30.0 Å². The summed E-state index contributed by atoms with van der Waals surface area (Å²) in [5, 5.41) is 11.2. The number of carbonyl (C=O) groups excluding carboxylic acids is 1. The van der Waals surface area contributed by atoms with Gasteiger partial charge in [0, 0.05) is 16.7 Å². The predicted octanol–water partition coefficient (Wildman–Crippen LogP) is 4.85. The molecule has 0 radical (unpaired) electrons. The van der Waals surface area contributed by atoms with Crippen LogP contribution in [0, 0.1) is 10.1 Å². The Labute approximate surface area is 172 Å². The molecule has 0 saturated carbocycles. The molecular formula is C22H18N2O4S. The van der Waals surface area contributed by atoms with Crippen LogP contribution < -0.4 is 9.64 Å². The van der Waals surface area contributed by atoms with Crippen molar-refractivity contribution in [3.8, 4) is 5.75 Å². The van der Waals surface area contributed by atoms with Crippen molar-refractivity contribution in [1.82, 2.24) is 0 Å². The summed E-state index contributed by atoms with van der Waals surface area (Å²) in [7, 11) is 0. The van der Waals surface area contributed by atoms with Gasteiger partial charge in [-0.1, -0.05) is 54.6 Å². The van der Waals surface area contributed by atoms with E-state index < -0.39 is 4.92 Å². The number of nitrogens with zero attached hydrogens (tertiary/aromatic N) is 2. The van der Waals surface area contributed by atoms with Gasteiger partial charge in [0.2, 0.25) is 0 Å². The normalized spacial score (nSPS) is 15.4. The van der Waals surface area contributed by atoms with E-state index in [0.29, 0.717) is 0 Å². The number of hydrogen-bond donors (Lipinski definition) is 0. The Hall–Kier alpha value is -3.32. The molecule has 0 aliphatic carbocycles. The number of thioether (sulfide) groups is 1. The fraction of sp³-hybridized carbons (Fsp3) is 0.136. The lowest BCUT2D eigenvalue weighted by Crippen LogP contribution is -2.41. The molecule has 3 aromatic carbocycles. The maximum atomic E-state index is 13.2. The molecule has 0 saturated heterocycles. The molecule has 0 fully saturated rings. The Morgan fingerprint density at radius 2 is 1.72 bits per heavy atom. The van der Waals surface area contributed by atoms with Crippen LogP contribution in [0.5, 0.6) is 5.75 Å². The average Bonchev–Trinajstić information content (AvgIpc) is 2.77. The standard InChI is InChI=1S/C22H18N2O4S/c25-22(14-28-20-12-6-4-10-17(20)24(26)27)23-18-11-5-7-13-21(18)29-15-19(23)16-8-2-1-3-9-16/h1-13,19H,14-15H2/t19-/m1/s1. The van der Waals surface area contributed by atoms with Gasteiger partial charge in [0.05, 0.1) is 16.7 Å². The van der Waals surface area contributed by atoms with Gasteiger partial charge in [0.25, 0.3) is 5.91 Å². The zero-order valence-electron chi connectivity index (χ0n) is 15.4. The molecule has 7 heteroatoms. The second-order valence-corrected chi connectivity index (χ2v) is 7.54. The average molecular weight is 406 g/mol. The first-order valence-electron chi connectivity index (χ1n) is 9.10. The minimum Gasteiger partial charge on any atom is -0.477 e. The van der Waals surface area contributed by atoms with Gasteiger partial charge in [-0.2, -0.15) is 0 Å². The summed E-state index contributed by atoms with van der Waals surface area (Å²) in [6.45, 7) is -0.285. The first-order valence-corrected chi connectivity index (χ1v) is 10.1. The van der Waals surface area contributed by atoms with Gasteiger partial charge in [-0.15, -0.1) is 11.8 Å². The molecule has 0 unspecified atom stereocenters. The van der Waals surface area contributed by atoms with Crippen molar-refractivity contribution in [3.05, 3.63) is 94.5 Å². The molecule has 0 spiro atoms. The zero-order chi connectivity index (χ0) is 20.2. The van der Waals surface area contributed by atoms with Crippen LogP contribution >= 0.6 is 11.8 Å². The maximum absolute atomic E-state index is 13.2. The number of para-hydroxylation sites is 3. The van der Waals surface area contributed by atoms with E-state index >= 15 is 0 Å². The molecule has 1 aliphatic rings. The van der Waals surface area contributed by atoms with Crippen LogP contribution in [0.4, 0.5) is 11.4 Å². The number of nitro benzene ring substituents is 1. The quantitative estimate of drug-likeness (QED) is 0.447. The molecule has 1 atom stereocenters. The number of fused-ring (bicyclic) bond motifs is 1. The van der Waals surface area contributed by atoms with Crippen LogP contribution in [0.3, 0.4) is 0 Å². The highest BCUT2D eigenvalue weighted by molar-refractivity contribution is 7.99. The molecule has 0 N–H and O–H groups in total. The fourth-order valence-corrected chi connectivity index (χ4v) is 4.53. The van der Waals surface area contributed by atoms with Gasteiger partial charge in [-0.3, -0.25) is 19.8 Å². The van der Waals surface area contributed by atoms with Gasteiger partial charge in [-0.05, 0) is 23.8 Å². The van der Waals surface area contributed by atoms with Crippen molar-refractivity contribution in [3.63, 3.8) is 0 Å². The molecule has 29 heavy (non-hydrogen) atoms. The molecule has 4 rings (SSSR count). The summed E-state index contributed by atoms with van der Waals surface area (Å²) in [6, 6.07) is 23.5. The highest BCUT2D eigenvalue weighted by Crippen LogP contribution is 2.43. The molecule has 0 bridgehead atoms. The van der Waals surface area contributed by atoms with Crippen molar-refractivity contribution in [1.29, 1.82) is 0 Å². The summed E-state index contributed by atoms with van der Waals surface area (Å²) in [5.74, 6) is 0.560. The SMILES string of the molecule is O=C(COc1ccccc1[N+](=O)[O-])N1c2ccccc2SC[C@@H]1c1ccccc1. The zero-order valence-corrected chi connectivity index (χ0v) is 16.2. The van der Waals surface area contributed by atoms with Crippen molar-refractivity contribution in [2.45, 2.75) is 10.9 Å². The summed E-state index contributed by atoms with van der Waals surface area (Å²) >= 11 is 1.71. The smallest absolute Gasteiger partial charge is 0.310 e. The fourth-order valence-electron chi connectivity index (χ4n) is 3.36. The molecule has 146 valence electrons. The number of nitro groups is 1. The maximum Gasteiger partial charge on any atom is 0.310 e. The number of anilines is 1. The van der Waals surface area contributed by atoms with E-state index in [1.807, 2.05) is 54.6 Å². The van der Waals surface area contributed by atoms with E-state index in [1.54, 1.807) is 28.8 Å². The van der Waals surface area contributed by atoms with Crippen molar-refractivity contribution in [2.75, 3.05) is 17.3 Å². The lowest BCUT2D eigenvalue weighted by molar-refractivity contribution is -0.385. The van der Waals surface area contributed by atoms with Crippen molar-refractivity contribution in [2.24, 2.45) is 0 Å². The largest absolute Gasteiger partial charge is 0.477 e. The van der Waals surface area contributed by atoms with Gasteiger partial charge < -0.3 is 4.74 Å². The van der Waals surface area contributed by atoms with Crippen LogP contribution in [-0.4, -0.2) is 23.2 Å². The van der Waals surface area contributed by atoms with Crippen LogP contribution in [0.1, 0.15) is 11.6 Å². The summed E-state index contributed by atoms with van der Waals surface area (Å²) in [4.78, 5) is 26.7. The second-order valence-electron chi connectivity index (χ2n) is 6.48. The monoisotopic (exact) mass is 406 g/mol. The lowest BCUT2D eigenvalue weighted by Gasteiger charge is -2.37. The van der Waals surface area contributed by atoms with E-state index in [0.717, 1.165) is 21.9 Å². The van der Waals surface area contributed by atoms with Gasteiger partial charge >= 0.3 is 5.69 Å². The van der Waals surface area contributed by atoms with Gasteiger partial charge in [0.15, 0.2) is 12.4 Å². The predicted molar refractivity (Wildman–Crippen MR) is 112 cm³/mol. The van der Waals surface area contributed by atoms with E-state index in [4.69, 9.17) is 4.74 Å². The van der Waals surface area contributed by atoms with E-state index in [1.165, 1.54) is 12.1 Å². The Morgan fingerprint density at radius 1 is 1.03 bits per heavy atom. The molecule has 3 aromatic rings. The van der Waals surface area contributed by atoms with E-state index in [9.17, 15) is 14.9 Å². The molecule has 0 aromatic heterocycles. The third-order valence-electron chi connectivity index (χ3n) is 4.70. The number of benzene rings is 3. The highest BCUT2D eigenvalue weighted by atomic mass is 32.2. The second kappa shape index (κ2) is 8.36. The number of amides is 1. The van der Waals surface area contributed by atoms with Crippen molar-refractivity contribution >= 4 is 29.0 Å². The third kappa shape index (κ3) is 3.95. The molecule has 6 nitrogen and oxygen atoms in total. The van der Waals surface area contributed by atoms with Crippen LogP contribution in [0.2, 0.25) is 0 Å². The third-order valence-corrected chi connectivity index (χ3v) is 5.84. The Kier molecular flexibility index (Phi) is 5.48. The lowest BCUT2D eigenvalue weighted by atomic mass is 10.1. The summed E-state index contributed by atoms with van der Waals surface area (Å²) < 4.78 is 5.57. The molecular weight excluding hydrogens is 388 g/mol. The molecule has 1 amide bonds. The van der Waals surface area contributed by atoms with Gasteiger partial charge in [0.1, 0.15) is 0 Å². The Morgan fingerprint density at radius 3 is 2.52 bits per heavy atom. The first kappa shape index (κ1) is 19.0. The van der Waals surface area contributed by atoms with Crippen LogP contribution in [0.25, 0.3) is 0 Å². The summed E-state index contributed by atoms with van der Waals surface area (Å²) in [6.07, 6.45) is 0. The minimum atomic E-state index is -0.514. The summed E-state index contributed by atoms with van der Waals surface area (Å²) in [5.41, 5.74) is 1.71. The number of ether oxygens (including phenoxy) is 1. The topological polar surface area (TPSA) is 72.7 Å². The number of carbonyl (C=O) groups is 1. The van der Waals surface area contributed by atoms with Crippen LogP contribution in [-0.2, 0) is 4.79 Å². The Bertz CT molecular complexity index is 1040. The Balaban J connectivity index is 1.63. The first-order chi connectivity index (χ1) is 14.1. The van der Waals surface area contributed by atoms with E-state index in [2.05, 4.69) is 0 Å². The minimum absolute atomic E-state index is 0.0850.